The van der Waals surface area contributed by atoms with E-state index in [9.17, 15) is 22.4 Å². The molecule has 0 bridgehead atoms. The summed E-state index contributed by atoms with van der Waals surface area (Å²) in [6, 6.07) is 6.30. The standard InChI is InChI=1S/C15H9F4NO4/c16-8-1-3-11(10(17)5-8)22-7-14(21)20-9-2-4-12-13(6-9)24-15(18,19)23-12/h1-6H,7H2,(H,20,21). The van der Waals surface area contributed by atoms with Crippen LogP contribution in [0.3, 0.4) is 0 Å². The third kappa shape index (κ3) is 3.50. The first-order chi connectivity index (χ1) is 11.3. The topological polar surface area (TPSA) is 56.8 Å². The highest BCUT2D eigenvalue weighted by atomic mass is 19.3. The zero-order chi connectivity index (χ0) is 17.3. The Kier molecular flexibility index (Phi) is 3.92. The molecular formula is C15H9F4NO4. The van der Waals surface area contributed by atoms with E-state index in [-0.39, 0.29) is 22.9 Å². The number of carbonyl (C=O) groups excluding carboxylic acids is 1. The van der Waals surface area contributed by atoms with Gasteiger partial charge in [-0.15, -0.1) is 8.78 Å². The summed E-state index contributed by atoms with van der Waals surface area (Å²) in [5.41, 5.74) is 0.156. The van der Waals surface area contributed by atoms with Gasteiger partial charge in [0.2, 0.25) is 0 Å². The summed E-state index contributed by atoms with van der Waals surface area (Å²) < 4.78 is 65.3. The molecule has 0 spiro atoms. The summed E-state index contributed by atoms with van der Waals surface area (Å²) in [5.74, 6) is -3.10. The van der Waals surface area contributed by atoms with Gasteiger partial charge in [0.15, 0.2) is 29.7 Å². The van der Waals surface area contributed by atoms with Gasteiger partial charge < -0.3 is 19.5 Å². The molecule has 24 heavy (non-hydrogen) atoms. The highest BCUT2D eigenvalue weighted by molar-refractivity contribution is 5.92. The van der Waals surface area contributed by atoms with Gasteiger partial charge in [-0.1, -0.05) is 0 Å². The first-order valence-corrected chi connectivity index (χ1v) is 6.60. The van der Waals surface area contributed by atoms with E-state index in [0.29, 0.717) is 6.07 Å². The fraction of sp³-hybridized carbons (Fsp3) is 0.133. The van der Waals surface area contributed by atoms with Crippen LogP contribution in [0.4, 0.5) is 23.2 Å². The Balaban J connectivity index is 1.60. The lowest BCUT2D eigenvalue weighted by Gasteiger charge is -2.08. The van der Waals surface area contributed by atoms with Crippen molar-refractivity contribution in [3.63, 3.8) is 0 Å². The molecule has 1 aliphatic heterocycles. The molecule has 5 nitrogen and oxygen atoms in total. The summed E-state index contributed by atoms with van der Waals surface area (Å²) in [5, 5.41) is 2.36. The molecule has 0 saturated carbocycles. The van der Waals surface area contributed by atoms with Gasteiger partial charge in [0.1, 0.15) is 5.82 Å². The van der Waals surface area contributed by atoms with Crippen molar-refractivity contribution >= 4 is 11.6 Å². The predicted octanol–water partition coefficient (Wildman–Crippen LogP) is 3.30. The van der Waals surface area contributed by atoms with Crippen molar-refractivity contribution in [2.45, 2.75) is 6.29 Å². The second-order valence-electron chi connectivity index (χ2n) is 4.74. The molecule has 2 aromatic rings. The van der Waals surface area contributed by atoms with E-state index in [2.05, 4.69) is 14.8 Å². The average molecular weight is 343 g/mol. The summed E-state index contributed by atoms with van der Waals surface area (Å²) in [7, 11) is 0. The van der Waals surface area contributed by atoms with E-state index in [0.717, 1.165) is 18.2 Å². The fourth-order valence-corrected chi connectivity index (χ4v) is 1.96. The molecule has 0 aliphatic carbocycles. The minimum absolute atomic E-state index is 0.156. The number of carbonyl (C=O) groups is 1. The molecular weight excluding hydrogens is 334 g/mol. The minimum atomic E-state index is -3.76. The molecule has 0 fully saturated rings. The smallest absolute Gasteiger partial charge is 0.481 e. The van der Waals surface area contributed by atoms with Gasteiger partial charge in [0.25, 0.3) is 5.91 Å². The van der Waals surface area contributed by atoms with Gasteiger partial charge in [0, 0.05) is 17.8 Å². The van der Waals surface area contributed by atoms with Crippen molar-refractivity contribution in [3.8, 4) is 17.2 Å². The number of nitrogens with one attached hydrogen (secondary N) is 1. The normalized spacial score (nSPS) is 14.3. The number of fused-ring (bicyclic) bond motifs is 1. The lowest BCUT2D eigenvalue weighted by molar-refractivity contribution is -0.286. The number of ether oxygens (including phenoxy) is 3. The summed E-state index contributed by atoms with van der Waals surface area (Å²) in [4.78, 5) is 11.7. The maximum Gasteiger partial charge on any atom is 0.586 e. The Morgan fingerprint density at radius 2 is 1.83 bits per heavy atom. The Bertz CT molecular complexity index is 797. The van der Waals surface area contributed by atoms with Gasteiger partial charge >= 0.3 is 6.29 Å². The number of halogens is 4. The van der Waals surface area contributed by atoms with Crippen molar-refractivity contribution in [2.24, 2.45) is 0 Å². The quantitative estimate of drug-likeness (QED) is 0.866. The average Bonchev–Trinajstić information content (AvgIpc) is 2.79. The number of amides is 1. The zero-order valence-corrected chi connectivity index (χ0v) is 11.8. The van der Waals surface area contributed by atoms with Crippen molar-refractivity contribution in [2.75, 3.05) is 11.9 Å². The van der Waals surface area contributed by atoms with Crippen LogP contribution in [0.25, 0.3) is 0 Å². The van der Waals surface area contributed by atoms with Crippen LogP contribution >= 0.6 is 0 Å². The summed E-state index contributed by atoms with van der Waals surface area (Å²) in [6.45, 7) is -0.562. The lowest BCUT2D eigenvalue weighted by Crippen LogP contribution is -2.25. The molecule has 1 amide bonds. The molecule has 1 aliphatic rings. The summed E-state index contributed by atoms with van der Waals surface area (Å²) >= 11 is 0. The van der Waals surface area contributed by atoms with Gasteiger partial charge in [-0.2, -0.15) is 0 Å². The fourth-order valence-electron chi connectivity index (χ4n) is 1.96. The molecule has 0 saturated heterocycles. The zero-order valence-electron chi connectivity index (χ0n) is 11.8. The molecule has 2 aromatic carbocycles. The minimum Gasteiger partial charge on any atom is -0.481 e. The Labute approximate surface area is 132 Å². The maximum atomic E-state index is 13.4. The van der Waals surface area contributed by atoms with Gasteiger partial charge in [-0.25, -0.2) is 8.78 Å². The Hall–Kier alpha value is -2.97. The largest absolute Gasteiger partial charge is 0.586 e. The summed E-state index contributed by atoms with van der Waals surface area (Å²) in [6.07, 6.45) is -3.76. The Morgan fingerprint density at radius 1 is 1.08 bits per heavy atom. The van der Waals surface area contributed by atoms with Crippen LogP contribution in [0.5, 0.6) is 17.2 Å². The second-order valence-corrected chi connectivity index (χ2v) is 4.74. The van der Waals surface area contributed by atoms with E-state index >= 15 is 0 Å². The molecule has 1 heterocycles. The number of anilines is 1. The van der Waals surface area contributed by atoms with Gasteiger partial charge in [-0.3, -0.25) is 4.79 Å². The molecule has 0 unspecified atom stereocenters. The molecule has 126 valence electrons. The highest BCUT2D eigenvalue weighted by Gasteiger charge is 2.43. The molecule has 0 aromatic heterocycles. The second kappa shape index (κ2) is 5.91. The highest BCUT2D eigenvalue weighted by Crippen LogP contribution is 2.42. The monoisotopic (exact) mass is 343 g/mol. The van der Waals surface area contributed by atoms with Crippen molar-refractivity contribution < 1.29 is 36.6 Å². The van der Waals surface area contributed by atoms with Gasteiger partial charge in [0.05, 0.1) is 0 Å². The van der Waals surface area contributed by atoms with E-state index in [1.165, 1.54) is 12.1 Å². The number of alkyl halides is 2. The number of benzene rings is 2. The third-order valence-corrected chi connectivity index (χ3v) is 2.94. The predicted molar refractivity (Wildman–Crippen MR) is 73.1 cm³/mol. The van der Waals surface area contributed by atoms with E-state index in [1.807, 2.05) is 0 Å². The van der Waals surface area contributed by atoms with Crippen molar-refractivity contribution in [1.82, 2.24) is 0 Å². The Morgan fingerprint density at radius 3 is 2.58 bits per heavy atom. The molecule has 1 N–H and O–H groups in total. The molecule has 0 radical (unpaired) electrons. The first-order valence-electron chi connectivity index (χ1n) is 6.60. The van der Waals surface area contributed by atoms with Crippen LogP contribution in [-0.4, -0.2) is 18.8 Å². The SMILES string of the molecule is O=C(COc1ccc(F)cc1F)Nc1ccc2c(c1)OC(F)(F)O2. The third-order valence-electron chi connectivity index (χ3n) is 2.94. The number of rotatable bonds is 4. The number of hydrogen-bond donors (Lipinski definition) is 1. The number of hydrogen-bond acceptors (Lipinski definition) is 4. The van der Waals surface area contributed by atoms with Crippen molar-refractivity contribution in [1.29, 1.82) is 0 Å². The van der Waals surface area contributed by atoms with Gasteiger partial charge in [-0.05, 0) is 24.3 Å². The van der Waals surface area contributed by atoms with Crippen LogP contribution in [0.15, 0.2) is 36.4 Å². The van der Waals surface area contributed by atoms with Crippen LogP contribution in [0.2, 0.25) is 0 Å². The van der Waals surface area contributed by atoms with Crippen LogP contribution < -0.4 is 19.5 Å². The maximum absolute atomic E-state index is 13.4. The van der Waals surface area contributed by atoms with Crippen LogP contribution in [0, 0.1) is 11.6 Å². The molecule has 0 atom stereocenters. The lowest BCUT2D eigenvalue weighted by atomic mass is 10.3. The van der Waals surface area contributed by atoms with Crippen LogP contribution in [0.1, 0.15) is 0 Å². The van der Waals surface area contributed by atoms with E-state index in [1.54, 1.807) is 0 Å². The molecule has 9 heteroatoms. The van der Waals surface area contributed by atoms with Crippen molar-refractivity contribution in [3.05, 3.63) is 48.0 Å². The first kappa shape index (κ1) is 15.9. The molecule has 3 rings (SSSR count). The van der Waals surface area contributed by atoms with Crippen LogP contribution in [-0.2, 0) is 4.79 Å². The van der Waals surface area contributed by atoms with E-state index in [4.69, 9.17) is 4.74 Å². The van der Waals surface area contributed by atoms with E-state index < -0.39 is 30.4 Å².